The molecule has 2 bridgehead atoms. The van der Waals surface area contributed by atoms with Crippen molar-refractivity contribution >= 4 is 5.71 Å². The molecule has 2 fully saturated rings. The van der Waals surface area contributed by atoms with Gasteiger partial charge in [0, 0.05) is 12.5 Å². The van der Waals surface area contributed by atoms with Crippen LogP contribution in [0.3, 0.4) is 0 Å². The molecule has 0 spiro atoms. The molecule has 2 aliphatic heterocycles. The third-order valence-corrected chi connectivity index (χ3v) is 3.15. The fraction of sp³-hybridized carbons (Fsp3) is 0.900. The molecule has 2 aliphatic rings. The highest BCUT2D eigenvalue weighted by atomic mass is 16.6. The first-order valence-corrected chi connectivity index (χ1v) is 5.23. The van der Waals surface area contributed by atoms with Crippen LogP contribution in [0.15, 0.2) is 5.16 Å². The minimum Gasteiger partial charge on any atom is -0.396 e. The number of rotatable bonds is 3. The van der Waals surface area contributed by atoms with Gasteiger partial charge in [0.25, 0.3) is 0 Å². The summed E-state index contributed by atoms with van der Waals surface area (Å²) >= 11 is 0. The molecule has 0 saturated carbocycles. The topological polar surface area (TPSA) is 24.8 Å². The van der Waals surface area contributed by atoms with E-state index in [0.717, 1.165) is 25.5 Å². The molecule has 0 N–H and O–H groups in total. The van der Waals surface area contributed by atoms with E-state index in [9.17, 15) is 0 Å². The van der Waals surface area contributed by atoms with E-state index in [1.54, 1.807) is 0 Å². The molecular formula is C10H18N2O. The van der Waals surface area contributed by atoms with Crippen molar-refractivity contribution in [1.29, 1.82) is 0 Å². The third kappa shape index (κ3) is 1.57. The smallest absolute Gasteiger partial charge is 0.116 e. The van der Waals surface area contributed by atoms with Crippen LogP contribution in [0.25, 0.3) is 0 Å². The number of oxime groups is 1. The molecule has 2 heterocycles. The zero-order valence-corrected chi connectivity index (χ0v) is 8.49. The van der Waals surface area contributed by atoms with Crippen LogP contribution in [0.2, 0.25) is 0 Å². The molecule has 2 rings (SSSR count). The summed E-state index contributed by atoms with van der Waals surface area (Å²) in [5.41, 5.74) is 1.27. The molecule has 0 aromatic carbocycles. The summed E-state index contributed by atoms with van der Waals surface area (Å²) in [6.07, 6.45) is 4.79. The maximum atomic E-state index is 5.23. The van der Waals surface area contributed by atoms with Crippen LogP contribution in [0.4, 0.5) is 0 Å². The van der Waals surface area contributed by atoms with Crippen LogP contribution in [0, 0.1) is 0 Å². The van der Waals surface area contributed by atoms with Crippen molar-refractivity contribution in [2.24, 2.45) is 5.16 Å². The van der Waals surface area contributed by atoms with Crippen molar-refractivity contribution in [2.75, 3.05) is 13.7 Å². The lowest BCUT2D eigenvalue weighted by atomic mass is 9.99. The molecule has 0 aromatic heterocycles. The maximum Gasteiger partial charge on any atom is 0.116 e. The Kier molecular flexibility index (Phi) is 2.54. The van der Waals surface area contributed by atoms with Crippen LogP contribution in [-0.4, -0.2) is 36.3 Å². The van der Waals surface area contributed by atoms with Gasteiger partial charge in [-0.3, -0.25) is 4.90 Å². The minimum atomic E-state index is 0.585. The minimum absolute atomic E-state index is 0.585. The standard InChI is InChI=1S/C10H18N2O/c1-3-6-13-11-9-7-8-4-5-10(9)12(8)2/h8,10H,3-7H2,1-2H3/b11-9-. The van der Waals surface area contributed by atoms with Crippen molar-refractivity contribution in [3.05, 3.63) is 0 Å². The second-order valence-electron chi connectivity index (χ2n) is 4.03. The molecule has 2 atom stereocenters. The molecule has 3 nitrogen and oxygen atoms in total. The predicted octanol–water partition coefficient (Wildman–Crippen LogP) is 1.64. The van der Waals surface area contributed by atoms with Crippen LogP contribution in [0.5, 0.6) is 0 Å². The van der Waals surface area contributed by atoms with Gasteiger partial charge in [0.05, 0.1) is 11.8 Å². The largest absolute Gasteiger partial charge is 0.396 e. The highest BCUT2D eigenvalue weighted by molar-refractivity contribution is 5.92. The van der Waals surface area contributed by atoms with Gasteiger partial charge in [0.2, 0.25) is 0 Å². The Morgan fingerprint density at radius 1 is 1.54 bits per heavy atom. The van der Waals surface area contributed by atoms with Crippen LogP contribution < -0.4 is 0 Å². The first-order valence-electron chi connectivity index (χ1n) is 5.23. The summed E-state index contributed by atoms with van der Waals surface area (Å²) in [6, 6.07) is 1.33. The quantitative estimate of drug-likeness (QED) is 0.489. The second kappa shape index (κ2) is 3.66. The normalized spacial score (nSPS) is 36.0. The Hall–Kier alpha value is -0.570. The Morgan fingerprint density at radius 3 is 2.92 bits per heavy atom. The fourth-order valence-corrected chi connectivity index (χ4v) is 2.36. The number of hydrogen-bond donors (Lipinski definition) is 0. The fourth-order valence-electron chi connectivity index (χ4n) is 2.36. The third-order valence-electron chi connectivity index (χ3n) is 3.15. The van der Waals surface area contributed by atoms with Crippen molar-refractivity contribution in [3.63, 3.8) is 0 Å². The zero-order valence-electron chi connectivity index (χ0n) is 8.49. The van der Waals surface area contributed by atoms with E-state index in [-0.39, 0.29) is 0 Å². The van der Waals surface area contributed by atoms with Crippen LogP contribution in [-0.2, 0) is 4.84 Å². The summed E-state index contributed by atoms with van der Waals surface area (Å²) in [5.74, 6) is 0. The van der Waals surface area contributed by atoms with Gasteiger partial charge in [-0.15, -0.1) is 0 Å². The van der Waals surface area contributed by atoms with Gasteiger partial charge in [0.15, 0.2) is 0 Å². The summed E-state index contributed by atoms with van der Waals surface area (Å²) in [6.45, 7) is 2.86. The van der Waals surface area contributed by atoms with E-state index < -0.39 is 0 Å². The van der Waals surface area contributed by atoms with Gasteiger partial charge in [-0.2, -0.15) is 0 Å². The number of fused-ring (bicyclic) bond motifs is 2. The molecule has 0 amide bonds. The predicted molar refractivity (Wildman–Crippen MR) is 52.9 cm³/mol. The van der Waals surface area contributed by atoms with Crippen molar-refractivity contribution in [3.8, 4) is 0 Å². The summed E-state index contributed by atoms with van der Waals surface area (Å²) in [4.78, 5) is 7.67. The van der Waals surface area contributed by atoms with Gasteiger partial charge in [0.1, 0.15) is 6.61 Å². The van der Waals surface area contributed by atoms with E-state index in [2.05, 4.69) is 24.0 Å². The zero-order chi connectivity index (χ0) is 9.26. The lowest BCUT2D eigenvalue weighted by molar-refractivity contribution is 0.143. The molecule has 3 heteroatoms. The maximum absolute atomic E-state index is 5.23. The van der Waals surface area contributed by atoms with Gasteiger partial charge >= 0.3 is 0 Å². The summed E-state index contributed by atoms with van der Waals surface area (Å²) in [5, 5.41) is 4.22. The highest BCUT2D eigenvalue weighted by Crippen LogP contribution is 2.34. The molecular weight excluding hydrogens is 164 g/mol. The molecule has 74 valence electrons. The van der Waals surface area contributed by atoms with Crippen LogP contribution in [0.1, 0.15) is 32.6 Å². The molecule has 0 radical (unpaired) electrons. The summed E-state index contributed by atoms with van der Waals surface area (Å²) in [7, 11) is 2.20. The van der Waals surface area contributed by atoms with Crippen molar-refractivity contribution < 1.29 is 4.84 Å². The number of hydrogen-bond acceptors (Lipinski definition) is 3. The van der Waals surface area contributed by atoms with E-state index >= 15 is 0 Å². The van der Waals surface area contributed by atoms with Crippen molar-refractivity contribution in [2.45, 2.75) is 44.7 Å². The van der Waals surface area contributed by atoms with Gasteiger partial charge in [-0.1, -0.05) is 12.1 Å². The van der Waals surface area contributed by atoms with E-state index in [0.29, 0.717) is 6.04 Å². The second-order valence-corrected chi connectivity index (χ2v) is 4.03. The Labute approximate surface area is 79.7 Å². The lowest BCUT2D eigenvalue weighted by Crippen LogP contribution is -2.26. The SMILES string of the molecule is CCCO/N=C1/CC2CCC1N2C. The van der Waals surface area contributed by atoms with E-state index in [1.807, 2.05) is 0 Å². The molecule has 0 aliphatic carbocycles. The summed E-state index contributed by atoms with van der Waals surface area (Å²) < 4.78 is 0. The molecule has 2 saturated heterocycles. The Morgan fingerprint density at radius 2 is 2.38 bits per heavy atom. The van der Waals surface area contributed by atoms with E-state index in [4.69, 9.17) is 4.84 Å². The van der Waals surface area contributed by atoms with E-state index in [1.165, 1.54) is 18.6 Å². The lowest BCUT2D eigenvalue weighted by Gasteiger charge is -2.12. The molecule has 13 heavy (non-hydrogen) atoms. The highest BCUT2D eigenvalue weighted by Gasteiger charge is 2.41. The monoisotopic (exact) mass is 182 g/mol. The average molecular weight is 182 g/mol. The Bertz CT molecular complexity index is 215. The average Bonchev–Trinajstić information content (AvgIpc) is 2.62. The van der Waals surface area contributed by atoms with Gasteiger partial charge < -0.3 is 4.84 Å². The van der Waals surface area contributed by atoms with Crippen molar-refractivity contribution in [1.82, 2.24) is 4.90 Å². The van der Waals surface area contributed by atoms with Gasteiger partial charge in [-0.25, -0.2) is 0 Å². The molecule has 2 unspecified atom stereocenters. The first kappa shape index (κ1) is 9.00. The van der Waals surface area contributed by atoms with Gasteiger partial charge in [-0.05, 0) is 26.3 Å². The molecule has 0 aromatic rings. The first-order chi connectivity index (χ1) is 6.33. The van der Waals surface area contributed by atoms with Crippen LogP contribution >= 0.6 is 0 Å². The Balaban J connectivity index is 1.92. The number of nitrogens with zero attached hydrogens (tertiary/aromatic N) is 2.